The second kappa shape index (κ2) is 8.51. The Morgan fingerprint density at radius 2 is 1.84 bits per heavy atom. The van der Waals surface area contributed by atoms with Crippen LogP contribution in [0.4, 0.5) is 0 Å². The van der Waals surface area contributed by atoms with Gasteiger partial charge in [0.25, 0.3) is 5.91 Å². The number of piperazine rings is 1. The summed E-state index contributed by atoms with van der Waals surface area (Å²) in [6.07, 6.45) is 5.21. The lowest BCUT2D eigenvalue weighted by molar-refractivity contribution is -0.132. The Labute approximate surface area is 188 Å². The van der Waals surface area contributed by atoms with E-state index in [-0.39, 0.29) is 11.8 Å². The van der Waals surface area contributed by atoms with Crippen LogP contribution in [0.25, 0.3) is 16.2 Å². The zero-order chi connectivity index (χ0) is 22.1. The lowest BCUT2D eigenvalue weighted by Gasteiger charge is -2.34. The molecule has 1 aromatic carbocycles. The molecule has 1 fully saturated rings. The zero-order valence-corrected chi connectivity index (χ0v) is 18.4. The Bertz CT molecular complexity index is 1240. The molecule has 4 aromatic rings. The molecule has 9 heteroatoms. The number of carbonyl (C=O) groups excluding carboxylic acids is 2. The van der Waals surface area contributed by atoms with Crippen molar-refractivity contribution in [3.05, 3.63) is 65.7 Å². The van der Waals surface area contributed by atoms with E-state index in [4.69, 9.17) is 14.1 Å². The van der Waals surface area contributed by atoms with Crippen molar-refractivity contribution in [2.45, 2.75) is 6.42 Å². The van der Waals surface area contributed by atoms with Crippen LogP contribution in [0.15, 0.2) is 58.9 Å². The van der Waals surface area contributed by atoms with E-state index in [1.165, 1.54) is 23.9 Å². The Morgan fingerprint density at radius 3 is 2.53 bits per heavy atom. The van der Waals surface area contributed by atoms with E-state index in [0.29, 0.717) is 38.2 Å². The van der Waals surface area contributed by atoms with Crippen LogP contribution in [-0.2, 0) is 11.2 Å². The molecule has 164 valence electrons. The van der Waals surface area contributed by atoms with E-state index < -0.39 is 0 Å². The molecule has 32 heavy (non-hydrogen) atoms. The number of carbonyl (C=O) groups is 2. The fourth-order valence-electron chi connectivity index (χ4n) is 3.85. The van der Waals surface area contributed by atoms with Crippen molar-refractivity contribution >= 4 is 28.1 Å². The largest absolute Gasteiger partial charge is 0.497 e. The summed E-state index contributed by atoms with van der Waals surface area (Å²) in [5.74, 6) is 0.794. The number of thiazole rings is 1. The van der Waals surface area contributed by atoms with E-state index in [2.05, 4.69) is 0 Å². The average Bonchev–Trinajstić information content (AvgIpc) is 3.58. The Kier molecular flexibility index (Phi) is 5.40. The summed E-state index contributed by atoms with van der Waals surface area (Å²) in [6, 6.07) is 9.42. The lowest BCUT2D eigenvalue weighted by atomic mass is 10.1. The molecule has 2 amide bonds. The van der Waals surface area contributed by atoms with Gasteiger partial charge in [0.05, 0.1) is 31.1 Å². The first-order valence-electron chi connectivity index (χ1n) is 10.3. The highest BCUT2D eigenvalue weighted by atomic mass is 32.1. The first kappa shape index (κ1) is 20.3. The van der Waals surface area contributed by atoms with Crippen molar-refractivity contribution in [3.63, 3.8) is 0 Å². The third-order valence-electron chi connectivity index (χ3n) is 5.69. The minimum absolute atomic E-state index is 0.0554. The molecule has 1 aliphatic rings. The summed E-state index contributed by atoms with van der Waals surface area (Å²) in [7, 11) is 1.64. The average molecular weight is 451 g/mol. The van der Waals surface area contributed by atoms with Gasteiger partial charge in [-0.2, -0.15) is 0 Å². The van der Waals surface area contributed by atoms with Gasteiger partial charge >= 0.3 is 0 Å². The maximum Gasteiger partial charge on any atom is 0.257 e. The highest BCUT2D eigenvalue weighted by molar-refractivity contribution is 7.15. The molecule has 3 aromatic heterocycles. The van der Waals surface area contributed by atoms with Gasteiger partial charge in [0.15, 0.2) is 4.96 Å². The molecule has 4 heterocycles. The number of amides is 2. The predicted molar refractivity (Wildman–Crippen MR) is 120 cm³/mol. The minimum Gasteiger partial charge on any atom is -0.497 e. The van der Waals surface area contributed by atoms with Crippen LogP contribution >= 0.6 is 11.3 Å². The maximum absolute atomic E-state index is 12.9. The highest BCUT2D eigenvalue weighted by Crippen LogP contribution is 2.26. The number of hydrogen-bond donors (Lipinski definition) is 0. The van der Waals surface area contributed by atoms with Crippen LogP contribution in [0.5, 0.6) is 5.75 Å². The fourth-order valence-corrected chi connectivity index (χ4v) is 4.72. The van der Waals surface area contributed by atoms with E-state index in [9.17, 15) is 9.59 Å². The molecular weight excluding hydrogens is 428 g/mol. The van der Waals surface area contributed by atoms with Crippen molar-refractivity contribution in [1.29, 1.82) is 0 Å². The van der Waals surface area contributed by atoms with Gasteiger partial charge in [-0.15, -0.1) is 11.3 Å². The second-order valence-corrected chi connectivity index (χ2v) is 8.43. The van der Waals surface area contributed by atoms with Crippen LogP contribution < -0.4 is 4.74 Å². The van der Waals surface area contributed by atoms with Crippen molar-refractivity contribution in [2.24, 2.45) is 0 Å². The van der Waals surface area contributed by atoms with Crippen LogP contribution in [-0.4, -0.2) is 64.3 Å². The standard InChI is InChI=1S/C23H22N4O4S/c1-30-19-4-2-16(3-5-19)20-13-27-18(15-32-23(27)24-20)12-21(28)25-7-9-26(10-8-25)22(29)17-6-11-31-14-17/h2-6,11,13-15H,7-10,12H2,1H3. The molecule has 0 spiro atoms. The molecule has 0 saturated carbocycles. The molecule has 1 aliphatic heterocycles. The summed E-state index contributed by atoms with van der Waals surface area (Å²) in [5.41, 5.74) is 3.31. The van der Waals surface area contributed by atoms with Gasteiger partial charge in [-0.25, -0.2) is 4.98 Å². The summed E-state index contributed by atoms with van der Waals surface area (Å²) in [6.45, 7) is 2.08. The number of methoxy groups -OCH3 is 1. The van der Waals surface area contributed by atoms with Gasteiger partial charge in [0, 0.05) is 49.0 Å². The molecule has 0 atom stereocenters. The topological polar surface area (TPSA) is 80.3 Å². The number of imidazole rings is 1. The molecule has 0 N–H and O–H groups in total. The lowest BCUT2D eigenvalue weighted by Crippen LogP contribution is -2.51. The molecule has 0 aliphatic carbocycles. The Morgan fingerprint density at radius 1 is 1.09 bits per heavy atom. The zero-order valence-electron chi connectivity index (χ0n) is 17.6. The van der Waals surface area contributed by atoms with Crippen molar-refractivity contribution < 1.29 is 18.7 Å². The van der Waals surface area contributed by atoms with Gasteiger partial charge in [-0.05, 0) is 30.3 Å². The molecule has 0 radical (unpaired) electrons. The van der Waals surface area contributed by atoms with Gasteiger partial charge in [-0.3, -0.25) is 14.0 Å². The monoisotopic (exact) mass is 450 g/mol. The van der Waals surface area contributed by atoms with E-state index in [1.807, 2.05) is 45.1 Å². The normalized spacial score (nSPS) is 14.2. The summed E-state index contributed by atoms with van der Waals surface area (Å²) in [4.78, 5) is 34.5. The van der Waals surface area contributed by atoms with E-state index in [1.54, 1.807) is 18.1 Å². The van der Waals surface area contributed by atoms with Crippen LogP contribution in [0.1, 0.15) is 16.1 Å². The van der Waals surface area contributed by atoms with E-state index in [0.717, 1.165) is 27.7 Å². The quantitative estimate of drug-likeness (QED) is 0.467. The van der Waals surface area contributed by atoms with Gasteiger partial charge in [-0.1, -0.05) is 0 Å². The van der Waals surface area contributed by atoms with Gasteiger partial charge < -0.3 is 19.0 Å². The van der Waals surface area contributed by atoms with E-state index >= 15 is 0 Å². The van der Waals surface area contributed by atoms with Crippen LogP contribution in [0, 0.1) is 0 Å². The number of rotatable bonds is 5. The van der Waals surface area contributed by atoms with Gasteiger partial charge in [0.1, 0.15) is 12.0 Å². The van der Waals surface area contributed by atoms with Gasteiger partial charge in [0.2, 0.25) is 5.91 Å². The number of benzene rings is 1. The Balaban J connectivity index is 1.24. The number of ether oxygens (including phenoxy) is 1. The van der Waals surface area contributed by atoms with Crippen molar-refractivity contribution in [2.75, 3.05) is 33.3 Å². The molecule has 0 bridgehead atoms. The smallest absolute Gasteiger partial charge is 0.257 e. The number of hydrogen-bond acceptors (Lipinski definition) is 6. The molecular formula is C23H22N4O4S. The minimum atomic E-state index is -0.0603. The molecule has 0 unspecified atom stereocenters. The third-order valence-corrected chi connectivity index (χ3v) is 6.58. The number of furan rings is 1. The molecule has 1 saturated heterocycles. The summed E-state index contributed by atoms with van der Waals surface area (Å²) in [5, 5.41) is 1.98. The first-order chi connectivity index (χ1) is 15.6. The number of nitrogens with zero attached hydrogens (tertiary/aromatic N) is 4. The summed E-state index contributed by atoms with van der Waals surface area (Å²) >= 11 is 1.52. The second-order valence-electron chi connectivity index (χ2n) is 7.60. The van der Waals surface area contributed by atoms with Crippen LogP contribution in [0.2, 0.25) is 0 Å². The predicted octanol–water partition coefficient (Wildman–Crippen LogP) is 3.19. The number of aromatic nitrogens is 2. The summed E-state index contributed by atoms with van der Waals surface area (Å²) < 4.78 is 12.2. The Hall–Kier alpha value is -3.59. The molecule has 5 rings (SSSR count). The maximum atomic E-state index is 12.9. The highest BCUT2D eigenvalue weighted by Gasteiger charge is 2.26. The SMILES string of the molecule is COc1ccc(-c2cn3c(CC(=O)N4CCN(C(=O)c5ccoc5)CC4)csc3n2)cc1. The first-order valence-corrected chi connectivity index (χ1v) is 11.2. The number of fused-ring (bicyclic) bond motifs is 1. The van der Waals surface area contributed by atoms with Crippen molar-refractivity contribution in [1.82, 2.24) is 19.2 Å². The van der Waals surface area contributed by atoms with Crippen molar-refractivity contribution in [3.8, 4) is 17.0 Å². The fraction of sp³-hybridized carbons (Fsp3) is 0.261. The van der Waals surface area contributed by atoms with Crippen LogP contribution in [0.3, 0.4) is 0 Å². The third kappa shape index (κ3) is 3.87. The molecule has 8 nitrogen and oxygen atoms in total.